The molecule has 0 aromatic carbocycles. The van der Waals surface area contributed by atoms with Crippen LogP contribution < -0.4 is 5.32 Å². The van der Waals surface area contributed by atoms with Gasteiger partial charge < -0.3 is 15.0 Å². The van der Waals surface area contributed by atoms with Crippen molar-refractivity contribution < 1.29 is 9.53 Å². The van der Waals surface area contributed by atoms with Crippen molar-refractivity contribution in [3.8, 4) is 0 Å². The van der Waals surface area contributed by atoms with Gasteiger partial charge in [-0.25, -0.2) is 4.79 Å². The fraction of sp³-hybridized carbons (Fsp3) is 0.667. The molecule has 0 bridgehead atoms. The van der Waals surface area contributed by atoms with Gasteiger partial charge in [-0.1, -0.05) is 6.07 Å². The summed E-state index contributed by atoms with van der Waals surface area (Å²) in [5.41, 5.74) is 2.05. The summed E-state index contributed by atoms with van der Waals surface area (Å²) in [6, 6.07) is 4.45. The van der Waals surface area contributed by atoms with E-state index in [0.29, 0.717) is 13.1 Å². The summed E-state index contributed by atoms with van der Waals surface area (Å²) in [6.45, 7) is 9.68. The van der Waals surface area contributed by atoms with E-state index < -0.39 is 5.60 Å². The molecule has 128 valence electrons. The van der Waals surface area contributed by atoms with Gasteiger partial charge in [0, 0.05) is 31.9 Å². The van der Waals surface area contributed by atoms with E-state index in [-0.39, 0.29) is 12.1 Å². The topological polar surface area (TPSA) is 54.5 Å². The Balaban J connectivity index is 1.86. The molecular formula is C18H29N3O2. The Morgan fingerprint density at radius 2 is 2.26 bits per heavy atom. The van der Waals surface area contributed by atoms with Crippen LogP contribution in [0.1, 0.15) is 57.8 Å². The van der Waals surface area contributed by atoms with E-state index in [2.05, 4.69) is 16.4 Å². The Morgan fingerprint density at radius 3 is 2.96 bits per heavy atom. The Labute approximate surface area is 139 Å². The zero-order valence-corrected chi connectivity index (χ0v) is 14.8. The minimum Gasteiger partial charge on any atom is -0.444 e. The maximum atomic E-state index is 12.1. The molecule has 23 heavy (non-hydrogen) atoms. The highest BCUT2D eigenvalue weighted by molar-refractivity contribution is 5.68. The number of rotatable bonds is 5. The summed E-state index contributed by atoms with van der Waals surface area (Å²) < 4.78 is 5.44. The Kier molecular flexibility index (Phi) is 5.99. The van der Waals surface area contributed by atoms with Gasteiger partial charge in [-0.2, -0.15) is 0 Å². The number of aromatic nitrogens is 1. The van der Waals surface area contributed by atoms with Crippen molar-refractivity contribution in [1.82, 2.24) is 15.2 Å². The number of aryl methyl sites for hydroxylation is 1. The number of nitrogens with one attached hydrogen (secondary N) is 1. The standard InChI is InChI=1S/C18H29N3O2/c1-5-21(17(22)23-18(2,3)4)13-12-19-15-10-6-8-14-9-7-11-20-16(14)15/h7,9,11,15,19H,5-6,8,10,12-13H2,1-4H3. The average molecular weight is 319 g/mol. The molecule has 0 saturated heterocycles. The van der Waals surface area contributed by atoms with Crippen LogP contribution in [0.4, 0.5) is 4.79 Å². The van der Waals surface area contributed by atoms with Crippen LogP contribution >= 0.6 is 0 Å². The largest absolute Gasteiger partial charge is 0.444 e. The minimum atomic E-state index is -0.454. The fourth-order valence-electron chi connectivity index (χ4n) is 2.89. The Hall–Kier alpha value is -1.62. The van der Waals surface area contributed by atoms with Crippen LogP contribution in [0.15, 0.2) is 18.3 Å². The molecule has 0 aliphatic heterocycles. The van der Waals surface area contributed by atoms with Crippen molar-refractivity contribution in [3.63, 3.8) is 0 Å². The van der Waals surface area contributed by atoms with Crippen molar-refractivity contribution in [1.29, 1.82) is 0 Å². The minimum absolute atomic E-state index is 0.246. The molecule has 1 atom stereocenters. The number of carbonyl (C=O) groups excluding carboxylic acids is 1. The van der Waals surface area contributed by atoms with Crippen LogP contribution in [0.3, 0.4) is 0 Å². The number of pyridine rings is 1. The molecule has 1 N–H and O–H groups in total. The lowest BCUT2D eigenvalue weighted by atomic mass is 9.92. The zero-order valence-electron chi connectivity index (χ0n) is 14.8. The predicted octanol–water partition coefficient (Wildman–Crippen LogP) is 3.31. The molecule has 0 fully saturated rings. The van der Waals surface area contributed by atoms with Gasteiger partial charge in [-0.05, 0) is 58.6 Å². The van der Waals surface area contributed by atoms with E-state index in [0.717, 1.165) is 19.4 Å². The first-order chi connectivity index (χ1) is 10.9. The molecular weight excluding hydrogens is 290 g/mol. The summed E-state index contributed by atoms with van der Waals surface area (Å²) in [7, 11) is 0. The molecule has 1 heterocycles. The number of amides is 1. The van der Waals surface area contributed by atoms with Crippen molar-refractivity contribution in [2.45, 2.75) is 58.6 Å². The second-order valence-electron chi connectivity index (χ2n) is 7.01. The van der Waals surface area contributed by atoms with Crippen molar-refractivity contribution in [3.05, 3.63) is 29.6 Å². The van der Waals surface area contributed by atoms with Crippen LogP contribution in [-0.2, 0) is 11.2 Å². The first-order valence-corrected chi connectivity index (χ1v) is 8.56. The quantitative estimate of drug-likeness (QED) is 0.904. The van der Waals surface area contributed by atoms with Gasteiger partial charge in [0.05, 0.1) is 5.69 Å². The first kappa shape index (κ1) is 17.7. The van der Waals surface area contributed by atoms with E-state index >= 15 is 0 Å². The molecule has 1 aliphatic rings. The second-order valence-corrected chi connectivity index (χ2v) is 7.01. The third-order valence-corrected chi connectivity index (χ3v) is 4.00. The number of ether oxygens (including phenoxy) is 1. The summed E-state index contributed by atoms with van der Waals surface area (Å²) in [6.07, 6.45) is 5.00. The van der Waals surface area contributed by atoms with Gasteiger partial charge in [0.15, 0.2) is 0 Å². The molecule has 1 aromatic heterocycles. The summed E-state index contributed by atoms with van der Waals surface area (Å²) in [5.74, 6) is 0. The highest BCUT2D eigenvalue weighted by atomic mass is 16.6. The van der Waals surface area contributed by atoms with E-state index in [4.69, 9.17) is 4.74 Å². The van der Waals surface area contributed by atoms with Crippen molar-refractivity contribution in [2.75, 3.05) is 19.6 Å². The zero-order chi connectivity index (χ0) is 16.9. The molecule has 1 aliphatic carbocycles. The molecule has 5 heteroatoms. The van der Waals surface area contributed by atoms with Crippen LogP contribution in [0.2, 0.25) is 0 Å². The first-order valence-electron chi connectivity index (χ1n) is 8.56. The Bertz CT molecular complexity index is 525. The van der Waals surface area contributed by atoms with Gasteiger partial charge >= 0.3 is 6.09 Å². The second kappa shape index (κ2) is 7.77. The average Bonchev–Trinajstić information content (AvgIpc) is 2.50. The maximum Gasteiger partial charge on any atom is 0.410 e. The molecule has 0 saturated carbocycles. The lowest BCUT2D eigenvalue weighted by Crippen LogP contribution is -2.41. The Morgan fingerprint density at radius 1 is 1.48 bits per heavy atom. The monoisotopic (exact) mass is 319 g/mol. The third-order valence-electron chi connectivity index (χ3n) is 4.00. The highest BCUT2D eigenvalue weighted by Gasteiger charge is 2.23. The van der Waals surface area contributed by atoms with Crippen molar-refractivity contribution >= 4 is 6.09 Å². The number of nitrogens with zero attached hydrogens (tertiary/aromatic N) is 2. The number of carbonyl (C=O) groups is 1. The SMILES string of the molecule is CCN(CCNC1CCCc2cccnc21)C(=O)OC(C)(C)C. The lowest BCUT2D eigenvalue weighted by Gasteiger charge is -2.28. The van der Waals surface area contributed by atoms with Crippen LogP contribution in [-0.4, -0.2) is 41.2 Å². The molecule has 1 amide bonds. The van der Waals surface area contributed by atoms with E-state index in [1.807, 2.05) is 40.0 Å². The number of likely N-dealkylation sites (N-methyl/N-ethyl adjacent to an activating group) is 1. The maximum absolute atomic E-state index is 12.1. The number of fused-ring (bicyclic) bond motifs is 1. The number of hydrogen-bond acceptors (Lipinski definition) is 4. The normalized spacial score (nSPS) is 17.5. The van der Waals surface area contributed by atoms with Crippen molar-refractivity contribution in [2.24, 2.45) is 0 Å². The molecule has 1 unspecified atom stereocenters. The van der Waals surface area contributed by atoms with Crippen LogP contribution in [0.5, 0.6) is 0 Å². The van der Waals surface area contributed by atoms with Crippen LogP contribution in [0.25, 0.3) is 0 Å². The molecule has 2 rings (SSSR count). The van der Waals surface area contributed by atoms with E-state index in [9.17, 15) is 4.79 Å². The van der Waals surface area contributed by atoms with Gasteiger partial charge in [-0.15, -0.1) is 0 Å². The molecule has 1 aromatic rings. The van der Waals surface area contributed by atoms with Gasteiger partial charge in [0.1, 0.15) is 5.60 Å². The molecule has 0 spiro atoms. The van der Waals surface area contributed by atoms with Gasteiger partial charge in [0.2, 0.25) is 0 Å². The van der Waals surface area contributed by atoms with Gasteiger partial charge in [0.25, 0.3) is 0 Å². The summed E-state index contributed by atoms with van der Waals surface area (Å²) >= 11 is 0. The van der Waals surface area contributed by atoms with Crippen LogP contribution in [0, 0.1) is 0 Å². The number of hydrogen-bond donors (Lipinski definition) is 1. The molecule has 0 radical (unpaired) electrons. The summed E-state index contributed by atoms with van der Waals surface area (Å²) in [5, 5.41) is 3.55. The lowest BCUT2D eigenvalue weighted by molar-refractivity contribution is 0.0260. The third kappa shape index (κ3) is 5.20. The fourth-order valence-corrected chi connectivity index (χ4v) is 2.89. The molecule has 5 nitrogen and oxygen atoms in total. The van der Waals surface area contributed by atoms with E-state index in [1.165, 1.54) is 17.7 Å². The highest BCUT2D eigenvalue weighted by Crippen LogP contribution is 2.27. The smallest absolute Gasteiger partial charge is 0.410 e. The predicted molar refractivity (Wildman–Crippen MR) is 91.4 cm³/mol. The van der Waals surface area contributed by atoms with E-state index in [1.54, 1.807) is 4.90 Å². The van der Waals surface area contributed by atoms with Gasteiger partial charge in [-0.3, -0.25) is 4.98 Å². The summed E-state index contributed by atoms with van der Waals surface area (Å²) in [4.78, 5) is 18.4.